The van der Waals surface area contributed by atoms with E-state index in [9.17, 15) is 38.4 Å². The van der Waals surface area contributed by atoms with Crippen LogP contribution in [-0.2, 0) is 38.4 Å². The molecule has 4 saturated heterocycles. The number of amides is 8. The van der Waals surface area contributed by atoms with E-state index in [-0.39, 0.29) is 46.5 Å². The van der Waals surface area contributed by atoms with Crippen molar-refractivity contribution >= 4 is 70.8 Å². The number of nitrogens with one attached hydrogen (secondary N) is 8. The monoisotopic (exact) mass is 1030 g/mol. The molecule has 8 N–H and O–H groups in total. The Bertz CT molecular complexity index is 2160. The lowest BCUT2D eigenvalue weighted by molar-refractivity contribution is -0.144. The van der Waals surface area contributed by atoms with Gasteiger partial charge < -0.3 is 52.3 Å². The molecular formula is C52H74N10O8S2. The van der Waals surface area contributed by atoms with Gasteiger partial charge in [0.25, 0.3) is 0 Å². The van der Waals surface area contributed by atoms with Gasteiger partial charge in [0.05, 0.1) is 22.8 Å². The topological polar surface area (TPSA) is 239 Å². The van der Waals surface area contributed by atoms with Gasteiger partial charge in [-0.15, -0.1) is 23.5 Å². The minimum Gasteiger partial charge on any atom is -0.351 e. The van der Waals surface area contributed by atoms with Gasteiger partial charge in [-0.1, -0.05) is 88.4 Å². The number of benzene rings is 2. The molecule has 2 aromatic carbocycles. The van der Waals surface area contributed by atoms with Crippen molar-refractivity contribution in [2.45, 2.75) is 164 Å². The van der Waals surface area contributed by atoms with Gasteiger partial charge in [0, 0.05) is 12.1 Å². The Hall–Kier alpha value is -5.18. The fourth-order valence-corrected chi connectivity index (χ4v) is 14.0. The highest BCUT2D eigenvalue weighted by molar-refractivity contribution is 8.00. The predicted octanol–water partition coefficient (Wildman–Crippen LogP) is 2.61. The molecule has 0 radical (unpaired) electrons. The van der Waals surface area contributed by atoms with Gasteiger partial charge in [-0.2, -0.15) is 0 Å². The molecule has 0 aromatic heterocycles. The van der Waals surface area contributed by atoms with Gasteiger partial charge in [-0.25, -0.2) is 0 Å². The molecule has 1 saturated carbocycles. The number of carbonyl (C=O) groups excluding carboxylic acids is 8. The third-order valence-corrected chi connectivity index (χ3v) is 17.7. The molecule has 0 unspecified atom stereocenters. The maximum absolute atomic E-state index is 14.6. The third kappa shape index (κ3) is 12.2. The standard InChI is InChI=1S/C52H74N10O8S2/c1-29(53-7)43(63)57-35-23-25-71-37-27-51(3,4)41(61(37)49(35)69)47(67)59-39(31-15-11-9-12-16-31)45(65)55-33-19-21-34(22-20-33)56-46(66)40(32-17-13-10-14-18-32)60-48(68)42-52(5,6)28-38-62(42)50(70)36(24-26-72-38)58-44(64)30(2)54-8/h9-18,29-30,33-42,53-54H,19-28H2,1-8H3,(H,55,65)(H,56,66)(H,57,63)(H,58,64)(H,59,67)(H,60,68)/t29-,30-,33-,34-,35-,36+,37-,38-,39+,40-,41+,42+/m0/s1. The van der Waals surface area contributed by atoms with Crippen LogP contribution in [0, 0.1) is 10.8 Å². The molecule has 18 nitrogen and oxygen atoms in total. The molecular weight excluding hydrogens is 957 g/mol. The Morgan fingerprint density at radius 2 is 0.875 bits per heavy atom. The maximum Gasteiger partial charge on any atom is 0.247 e. The first-order valence-corrected chi connectivity index (χ1v) is 27.5. The van der Waals surface area contributed by atoms with E-state index in [1.165, 1.54) is 0 Å². The first-order chi connectivity index (χ1) is 34.2. The molecule has 7 rings (SSSR count). The van der Waals surface area contributed by atoms with Crippen molar-refractivity contribution in [3.05, 3.63) is 71.8 Å². The first kappa shape index (κ1) is 54.6. The fraction of sp³-hybridized carbons (Fsp3) is 0.615. The van der Waals surface area contributed by atoms with Crippen LogP contribution >= 0.6 is 23.5 Å². The predicted molar refractivity (Wildman–Crippen MR) is 278 cm³/mol. The lowest BCUT2D eigenvalue weighted by Crippen LogP contribution is -2.59. The molecule has 10 atom stereocenters. The Labute approximate surface area is 432 Å². The fourth-order valence-electron chi connectivity index (χ4n) is 10.8. The number of hydrogen-bond donors (Lipinski definition) is 8. The van der Waals surface area contributed by atoms with Crippen LogP contribution in [0.3, 0.4) is 0 Å². The molecule has 0 bridgehead atoms. The number of rotatable bonds is 16. The van der Waals surface area contributed by atoms with Crippen molar-refractivity contribution < 1.29 is 38.4 Å². The van der Waals surface area contributed by atoms with E-state index in [2.05, 4.69) is 42.5 Å². The number of hydrogen-bond acceptors (Lipinski definition) is 12. The van der Waals surface area contributed by atoms with E-state index in [1.54, 1.807) is 110 Å². The van der Waals surface area contributed by atoms with Gasteiger partial charge in [-0.3, -0.25) is 38.4 Å². The largest absolute Gasteiger partial charge is 0.351 e. The van der Waals surface area contributed by atoms with Gasteiger partial charge in [0.15, 0.2) is 0 Å². The number of nitrogens with zero attached hydrogens (tertiary/aromatic N) is 2. The third-order valence-electron chi connectivity index (χ3n) is 15.2. The number of carbonyl (C=O) groups is 8. The zero-order chi connectivity index (χ0) is 52.1. The Morgan fingerprint density at radius 3 is 1.21 bits per heavy atom. The SMILES string of the molecule is CN[C@@H](C)C(=O)N[C@H]1CCS[C@H]2CC(C)(C)[C@@H](C(=O)N[C@@H](C(=O)N[C@H]3CC[C@H](NC(=O)[C@@H](NC(=O)[C@H]4N5C(=O)[C@H](NC(=O)[C@H](C)NC)CCS[C@H]5CC4(C)C)c4ccccc4)CC3)c3ccccc3)N2C1=O. The summed E-state index contributed by atoms with van der Waals surface area (Å²) in [6.07, 6.45) is 4.11. The summed E-state index contributed by atoms with van der Waals surface area (Å²) in [5.74, 6) is -1.69. The van der Waals surface area contributed by atoms with Crippen LogP contribution in [0.25, 0.3) is 0 Å². The summed E-state index contributed by atoms with van der Waals surface area (Å²) in [6, 6.07) is 10.9. The van der Waals surface area contributed by atoms with Crippen LogP contribution in [0.1, 0.15) is 116 Å². The van der Waals surface area contributed by atoms with Gasteiger partial charge in [0.1, 0.15) is 36.3 Å². The minimum atomic E-state index is -1.07. The lowest BCUT2D eigenvalue weighted by atomic mass is 9.83. The van der Waals surface area contributed by atoms with Crippen LogP contribution in [0.4, 0.5) is 0 Å². The Kier molecular flexibility index (Phi) is 17.7. The molecule has 392 valence electrons. The summed E-state index contributed by atoms with van der Waals surface area (Å²) in [6.45, 7) is 11.2. The zero-order valence-electron chi connectivity index (χ0n) is 42.7. The Balaban J connectivity index is 1.00. The molecule has 1 aliphatic carbocycles. The quantitative estimate of drug-likeness (QED) is 0.121. The summed E-state index contributed by atoms with van der Waals surface area (Å²) >= 11 is 3.20. The highest BCUT2D eigenvalue weighted by Crippen LogP contribution is 2.48. The maximum atomic E-state index is 14.6. The average molecular weight is 1030 g/mol. The normalized spacial score (nSPS) is 28.3. The van der Waals surface area contributed by atoms with Crippen molar-refractivity contribution in [2.24, 2.45) is 10.8 Å². The smallest absolute Gasteiger partial charge is 0.247 e. The van der Waals surface area contributed by atoms with Crippen molar-refractivity contribution in [1.29, 1.82) is 0 Å². The number of fused-ring (bicyclic) bond motifs is 2. The molecule has 8 amide bonds. The average Bonchev–Trinajstić information content (AvgIpc) is 3.68. The minimum absolute atomic E-state index is 0.268. The molecule has 2 aromatic rings. The Morgan fingerprint density at radius 1 is 0.528 bits per heavy atom. The molecule has 5 aliphatic rings. The molecule has 4 aliphatic heterocycles. The molecule has 20 heteroatoms. The van der Waals surface area contributed by atoms with E-state index >= 15 is 0 Å². The van der Waals surface area contributed by atoms with Gasteiger partial charge >= 0.3 is 0 Å². The second kappa shape index (κ2) is 23.4. The van der Waals surface area contributed by atoms with Crippen LogP contribution in [-0.4, -0.2) is 142 Å². The van der Waals surface area contributed by atoms with E-state index in [0.717, 1.165) is 0 Å². The van der Waals surface area contributed by atoms with Crippen molar-refractivity contribution in [1.82, 2.24) is 52.3 Å². The van der Waals surface area contributed by atoms with E-state index < -0.39 is 82.8 Å². The van der Waals surface area contributed by atoms with Crippen LogP contribution in [0.15, 0.2) is 60.7 Å². The summed E-state index contributed by atoms with van der Waals surface area (Å²) in [7, 11) is 3.35. The summed E-state index contributed by atoms with van der Waals surface area (Å²) in [5, 5.41) is 23.5. The highest BCUT2D eigenvalue weighted by atomic mass is 32.2. The van der Waals surface area contributed by atoms with Crippen molar-refractivity contribution in [2.75, 3.05) is 25.6 Å². The second-order valence-corrected chi connectivity index (χ2v) is 23.9. The number of thioether (sulfide) groups is 2. The summed E-state index contributed by atoms with van der Waals surface area (Å²) in [5.41, 5.74) is -0.120. The van der Waals surface area contributed by atoms with Gasteiger partial charge in [-0.05, 0) is 113 Å². The molecule has 0 spiro atoms. The zero-order valence-corrected chi connectivity index (χ0v) is 44.4. The lowest BCUT2D eigenvalue weighted by Gasteiger charge is -2.36. The molecule has 5 fully saturated rings. The first-order valence-electron chi connectivity index (χ1n) is 25.4. The number of likely N-dealkylation sites (N-methyl/N-ethyl adjacent to an activating group) is 2. The summed E-state index contributed by atoms with van der Waals surface area (Å²) < 4.78 is 0. The van der Waals surface area contributed by atoms with Crippen LogP contribution in [0.5, 0.6) is 0 Å². The van der Waals surface area contributed by atoms with Crippen molar-refractivity contribution in [3.8, 4) is 0 Å². The van der Waals surface area contributed by atoms with Crippen molar-refractivity contribution in [3.63, 3.8) is 0 Å². The van der Waals surface area contributed by atoms with E-state index in [1.807, 2.05) is 39.8 Å². The highest BCUT2D eigenvalue weighted by Gasteiger charge is 2.56. The molecule has 72 heavy (non-hydrogen) atoms. The summed E-state index contributed by atoms with van der Waals surface area (Å²) in [4.78, 5) is 115. The van der Waals surface area contributed by atoms with E-state index in [0.29, 0.717) is 74.0 Å². The van der Waals surface area contributed by atoms with Crippen LogP contribution < -0.4 is 42.5 Å². The molecule has 4 heterocycles. The van der Waals surface area contributed by atoms with Crippen LogP contribution in [0.2, 0.25) is 0 Å². The van der Waals surface area contributed by atoms with Gasteiger partial charge in [0.2, 0.25) is 47.3 Å². The van der Waals surface area contributed by atoms with E-state index in [4.69, 9.17) is 0 Å². The second-order valence-electron chi connectivity index (χ2n) is 21.3.